The van der Waals surface area contributed by atoms with Crippen LogP contribution in [0.15, 0.2) is 30.7 Å². The number of ether oxygens (including phenoxy) is 1. The topological polar surface area (TPSA) is 39.9 Å². The molecule has 0 bridgehead atoms. The second-order valence-corrected chi connectivity index (χ2v) is 4.49. The van der Waals surface area contributed by atoms with E-state index in [1.54, 1.807) is 17.1 Å². The molecule has 0 aromatic carbocycles. The normalized spacial score (nSPS) is 10.8. The van der Waals surface area contributed by atoms with Crippen molar-refractivity contribution in [3.05, 3.63) is 30.7 Å². The van der Waals surface area contributed by atoms with Gasteiger partial charge in [-0.05, 0) is 18.1 Å². The van der Waals surface area contributed by atoms with Gasteiger partial charge in [0.05, 0.1) is 24.7 Å². The molecule has 4 heteroatoms. The van der Waals surface area contributed by atoms with Crippen LogP contribution in [0.4, 0.5) is 0 Å². The van der Waals surface area contributed by atoms with E-state index in [1.165, 1.54) is 0 Å². The molecule has 90 valence electrons. The van der Waals surface area contributed by atoms with Crippen LogP contribution in [0, 0.1) is 5.92 Å². The molecule has 2 aromatic heterocycles. The minimum atomic E-state index is 0.521. The van der Waals surface area contributed by atoms with Crippen LogP contribution in [0.25, 0.3) is 11.3 Å². The highest BCUT2D eigenvalue weighted by Gasteiger charge is 2.03. The molecular formula is C13H17N3O. The molecule has 17 heavy (non-hydrogen) atoms. The van der Waals surface area contributed by atoms with Crippen LogP contribution in [-0.2, 0) is 7.05 Å². The molecule has 0 saturated carbocycles. The van der Waals surface area contributed by atoms with Gasteiger partial charge in [0.2, 0.25) is 0 Å². The standard InChI is InChI=1S/C13H17N3O/c1-10(2)9-17-12-4-5-13(14-7-12)11-6-15-16(3)8-11/h4-8,10H,9H2,1-3H3. The van der Waals surface area contributed by atoms with Crippen molar-refractivity contribution in [2.24, 2.45) is 13.0 Å². The fourth-order valence-corrected chi connectivity index (χ4v) is 1.45. The Morgan fingerprint density at radius 1 is 1.29 bits per heavy atom. The second kappa shape index (κ2) is 4.99. The summed E-state index contributed by atoms with van der Waals surface area (Å²) in [5.41, 5.74) is 1.93. The van der Waals surface area contributed by atoms with Gasteiger partial charge in [-0.2, -0.15) is 5.10 Å². The fourth-order valence-electron chi connectivity index (χ4n) is 1.45. The SMILES string of the molecule is CC(C)COc1ccc(-c2cnn(C)c2)nc1. The zero-order valence-corrected chi connectivity index (χ0v) is 10.4. The van der Waals surface area contributed by atoms with Crippen molar-refractivity contribution in [3.8, 4) is 17.0 Å². The van der Waals surface area contributed by atoms with Gasteiger partial charge in [0.15, 0.2) is 0 Å². The van der Waals surface area contributed by atoms with Crippen LogP contribution in [0.3, 0.4) is 0 Å². The Morgan fingerprint density at radius 3 is 2.65 bits per heavy atom. The summed E-state index contributed by atoms with van der Waals surface area (Å²) in [4.78, 5) is 4.36. The van der Waals surface area contributed by atoms with Crippen molar-refractivity contribution in [2.75, 3.05) is 6.61 Å². The van der Waals surface area contributed by atoms with Crippen LogP contribution < -0.4 is 4.74 Å². The van der Waals surface area contributed by atoms with Crippen LogP contribution in [0.5, 0.6) is 5.75 Å². The van der Waals surface area contributed by atoms with Crippen LogP contribution in [0.2, 0.25) is 0 Å². The first kappa shape index (κ1) is 11.6. The molecule has 2 heterocycles. The molecule has 0 spiro atoms. The third-order valence-electron chi connectivity index (χ3n) is 2.32. The predicted octanol–water partition coefficient (Wildman–Crippen LogP) is 2.52. The molecule has 0 unspecified atom stereocenters. The summed E-state index contributed by atoms with van der Waals surface area (Å²) in [5.74, 6) is 1.33. The number of aryl methyl sites for hydroxylation is 1. The van der Waals surface area contributed by atoms with Crippen molar-refractivity contribution in [2.45, 2.75) is 13.8 Å². The Labute approximate surface area is 101 Å². The number of hydrogen-bond donors (Lipinski definition) is 0. The Hall–Kier alpha value is -1.84. The number of pyridine rings is 1. The minimum Gasteiger partial charge on any atom is -0.492 e. The molecule has 0 amide bonds. The number of hydrogen-bond acceptors (Lipinski definition) is 3. The summed E-state index contributed by atoms with van der Waals surface area (Å²) < 4.78 is 7.34. The van der Waals surface area contributed by atoms with Gasteiger partial charge < -0.3 is 4.74 Å². The highest BCUT2D eigenvalue weighted by Crippen LogP contribution is 2.18. The van der Waals surface area contributed by atoms with Crippen molar-refractivity contribution in [1.82, 2.24) is 14.8 Å². The van der Waals surface area contributed by atoms with E-state index < -0.39 is 0 Å². The van der Waals surface area contributed by atoms with Gasteiger partial charge in [-0.3, -0.25) is 9.67 Å². The smallest absolute Gasteiger partial charge is 0.137 e. The van der Waals surface area contributed by atoms with E-state index in [1.807, 2.05) is 25.4 Å². The molecule has 0 aliphatic rings. The lowest BCUT2D eigenvalue weighted by atomic mass is 10.2. The summed E-state index contributed by atoms with van der Waals surface area (Å²) >= 11 is 0. The largest absolute Gasteiger partial charge is 0.492 e. The molecule has 0 aliphatic carbocycles. The van der Waals surface area contributed by atoms with Crippen molar-refractivity contribution < 1.29 is 4.74 Å². The van der Waals surface area contributed by atoms with Crippen molar-refractivity contribution >= 4 is 0 Å². The number of nitrogens with zero attached hydrogens (tertiary/aromatic N) is 3. The molecule has 2 aromatic rings. The first-order valence-corrected chi connectivity index (χ1v) is 5.73. The van der Waals surface area contributed by atoms with E-state index in [0.717, 1.165) is 17.0 Å². The monoisotopic (exact) mass is 231 g/mol. The van der Waals surface area contributed by atoms with Gasteiger partial charge in [0.1, 0.15) is 5.75 Å². The lowest BCUT2D eigenvalue weighted by Gasteiger charge is -2.08. The van der Waals surface area contributed by atoms with Crippen molar-refractivity contribution in [3.63, 3.8) is 0 Å². The highest BCUT2D eigenvalue weighted by atomic mass is 16.5. The van der Waals surface area contributed by atoms with Crippen LogP contribution in [0.1, 0.15) is 13.8 Å². The van der Waals surface area contributed by atoms with Crippen LogP contribution in [-0.4, -0.2) is 21.4 Å². The summed E-state index contributed by atoms with van der Waals surface area (Å²) in [6.07, 6.45) is 5.50. The van der Waals surface area contributed by atoms with Gasteiger partial charge in [0, 0.05) is 18.8 Å². The summed E-state index contributed by atoms with van der Waals surface area (Å²) in [6.45, 7) is 4.96. The summed E-state index contributed by atoms with van der Waals surface area (Å²) in [5, 5.41) is 4.12. The van der Waals surface area contributed by atoms with E-state index >= 15 is 0 Å². The molecule has 4 nitrogen and oxygen atoms in total. The molecule has 0 atom stereocenters. The minimum absolute atomic E-state index is 0.521. The van der Waals surface area contributed by atoms with E-state index in [0.29, 0.717) is 12.5 Å². The Bertz CT molecular complexity index is 474. The van der Waals surface area contributed by atoms with Gasteiger partial charge >= 0.3 is 0 Å². The van der Waals surface area contributed by atoms with Gasteiger partial charge in [-0.15, -0.1) is 0 Å². The molecule has 0 radical (unpaired) electrons. The molecule has 0 aliphatic heterocycles. The van der Waals surface area contributed by atoms with E-state index in [2.05, 4.69) is 23.9 Å². The third kappa shape index (κ3) is 3.06. The van der Waals surface area contributed by atoms with Crippen molar-refractivity contribution in [1.29, 1.82) is 0 Å². The highest BCUT2D eigenvalue weighted by molar-refractivity contribution is 5.57. The Balaban J connectivity index is 2.07. The molecular weight excluding hydrogens is 214 g/mol. The Kier molecular flexibility index (Phi) is 3.42. The Morgan fingerprint density at radius 2 is 2.12 bits per heavy atom. The van der Waals surface area contributed by atoms with Gasteiger partial charge in [0.25, 0.3) is 0 Å². The first-order chi connectivity index (χ1) is 8.15. The number of aromatic nitrogens is 3. The molecule has 0 saturated heterocycles. The zero-order chi connectivity index (χ0) is 12.3. The lowest BCUT2D eigenvalue weighted by Crippen LogP contribution is -2.04. The summed E-state index contributed by atoms with van der Waals surface area (Å²) in [7, 11) is 1.89. The molecule has 2 rings (SSSR count). The van der Waals surface area contributed by atoms with Gasteiger partial charge in [-0.1, -0.05) is 13.8 Å². The molecule has 0 fully saturated rings. The third-order valence-corrected chi connectivity index (χ3v) is 2.32. The van der Waals surface area contributed by atoms with E-state index in [-0.39, 0.29) is 0 Å². The van der Waals surface area contributed by atoms with Crippen LogP contribution >= 0.6 is 0 Å². The quantitative estimate of drug-likeness (QED) is 0.811. The van der Waals surface area contributed by atoms with Gasteiger partial charge in [-0.25, -0.2) is 0 Å². The maximum atomic E-state index is 5.58. The average molecular weight is 231 g/mol. The molecule has 0 N–H and O–H groups in total. The average Bonchev–Trinajstić information content (AvgIpc) is 2.74. The zero-order valence-electron chi connectivity index (χ0n) is 10.4. The second-order valence-electron chi connectivity index (χ2n) is 4.49. The maximum Gasteiger partial charge on any atom is 0.137 e. The predicted molar refractivity (Wildman–Crippen MR) is 66.8 cm³/mol. The summed E-state index contributed by atoms with van der Waals surface area (Å²) in [6, 6.07) is 3.89. The maximum absolute atomic E-state index is 5.58. The first-order valence-electron chi connectivity index (χ1n) is 5.73. The van der Waals surface area contributed by atoms with E-state index in [4.69, 9.17) is 4.74 Å². The lowest BCUT2D eigenvalue weighted by molar-refractivity contribution is 0.270. The van der Waals surface area contributed by atoms with E-state index in [9.17, 15) is 0 Å². The fraction of sp³-hybridized carbons (Fsp3) is 0.385. The number of rotatable bonds is 4.